The molecule has 25 heavy (non-hydrogen) atoms. The Morgan fingerprint density at radius 3 is 2.28 bits per heavy atom. The van der Waals surface area contributed by atoms with Crippen LogP contribution in [0.25, 0.3) is 0 Å². The van der Waals surface area contributed by atoms with Crippen LogP contribution in [0.5, 0.6) is 0 Å². The number of imide groups is 1. The van der Waals surface area contributed by atoms with E-state index < -0.39 is 38.8 Å². The zero-order chi connectivity index (χ0) is 18.9. The fraction of sp³-hybridized carbons (Fsp3) is 0.471. The molecule has 1 fully saturated rings. The third kappa shape index (κ3) is 2.09. The van der Waals surface area contributed by atoms with Gasteiger partial charge < -0.3 is 0 Å². The summed E-state index contributed by atoms with van der Waals surface area (Å²) in [5, 5.41) is 0. The molecule has 0 bridgehead atoms. The van der Waals surface area contributed by atoms with E-state index in [1.807, 2.05) is 0 Å². The highest BCUT2D eigenvalue weighted by atomic mass is 32.2. The lowest BCUT2D eigenvalue weighted by Crippen LogP contribution is -2.54. The van der Waals surface area contributed by atoms with E-state index in [2.05, 4.69) is 0 Å². The van der Waals surface area contributed by atoms with Crippen molar-refractivity contribution in [1.82, 2.24) is 9.21 Å². The summed E-state index contributed by atoms with van der Waals surface area (Å²) in [4.78, 5) is 39.2. The molecule has 3 rings (SSSR count). The van der Waals surface area contributed by atoms with Gasteiger partial charge in [0.05, 0.1) is 11.3 Å². The van der Waals surface area contributed by atoms with Gasteiger partial charge in [0.15, 0.2) is 5.54 Å². The number of nitrogens with zero attached hydrogens (tertiary/aromatic N) is 2. The van der Waals surface area contributed by atoms with Gasteiger partial charge >= 0.3 is 0 Å². The first-order chi connectivity index (χ1) is 11.3. The van der Waals surface area contributed by atoms with Gasteiger partial charge in [-0.25, -0.2) is 12.7 Å². The minimum absolute atomic E-state index is 0.0924. The molecule has 134 valence electrons. The van der Waals surface area contributed by atoms with Crippen LogP contribution in [0.15, 0.2) is 23.1 Å². The largest absolute Gasteiger partial charge is 0.275 e. The third-order valence-electron chi connectivity index (χ3n) is 4.62. The summed E-state index contributed by atoms with van der Waals surface area (Å²) in [7, 11) is -4.20. The van der Waals surface area contributed by atoms with Gasteiger partial charge in [-0.2, -0.15) is 0 Å². The van der Waals surface area contributed by atoms with Gasteiger partial charge in [-0.1, -0.05) is 17.7 Å². The van der Waals surface area contributed by atoms with Crippen LogP contribution in [0.4, 0.5) is 0 Å². The van der Waals surface area contributed by atoms with Crippen molar-refractivity contribution in [3.05, 3.63) is 29.3 Å². The van der Waals surface area contributed by atoms with Crippen LogP contribution in [-0.4, -0.2) is 40.9 Å². The topological polar surface area (TPSA) is 91.8 Å². The maximum atomic E-state index is 13.3. The first kappa shape index (κ1) is 17.6. The molecule has 2 aliphatic rings. The highest BCUT2D eigenvalue weighted by molar-refractivity contribution is 7.90. The zero-order valence-electron chi connectivity index (χ0n) is 14.8. The number of hydrogen-bond acceptors (Lipinski definition) is 5. The molecule has 1 spiro atoms. The Bertz CT molecular complexity index is 929. The molecule has 7 nitrogen and oxygen atoms in total. The highest BCUT2D eigenvalue weighted by Crippen LogP contribution is 2.51. The van der Waals surface area contributed by atoms with Crippen LogP contribution in [-0.2, 0) is 29.9 Å². The van der Waals surface area contributed by atoms with Crippen LogP contribution in [0.3, 0.4) is 0 Å². The van der Waals surface area contributed by atoms with E-state index in [0.717, 1.165) is 17.4 Å². The average molecular weight is 364 g/mol. The van der Waals surface area contributed by atoms with Crippen molar-refractivity contribution in [3.63, 3.8) is 0 Å². The molecule has 0 aliphatic carbocycles. The molecule has 2 aliphatic heterocycles. The van der Waals surface area contributed by atoms with E-state index >= 15 is 0 Å². The number of fused-ring (bicyclic) bond motifs is 2. The summed E-state index contributed by atoms with van der Waals surface area (Å²) in [5.41, 5.74) is -1.70. The van der Waals surface area contributed by atoms with Gasteiger partial charge in [-0.05, 0) is 33.8 Å². The molecule has 8 heteroatoms. The highest BCUT2D eigenvalue weighted by Gasteiger charge is 2.67. The van der Waals surface area contributed by atoms with E-state index in [9.17, 15) is 22.8 Å². The number of hydrogen-bond donors (Lipinski definition) is 0. The molecule has 1 aromatic carbocycles. The number of amides is 3. The molecule has 0 saturated carbocycles. The number of aryl methyl sites for hydroxylation is 1. The van der Waals surface area contributed by atoms with Gasteiger partial charge in [-0.15, -0.1) is 0 Å². The Kier molecular flexibility index (Phi) is 3.45. The van der Waals surface area contributed by atoms with Crippen LogP contribution in [0.2, 0.25) is 0 Å². The number of likely N-dealkylation sites (tertiary alicyclic amines) is 1. The van der Waals surface area contributed by atoms with E-state index in [-0.39, 0.29) is 16.9 Å². The predicted molar refractivity (Wildman–Crippen MR) is 88.8 cm³/mol. The summed E-state index contributed by atoms with van der Waals surface area (Å²) < 4.78 is 26.5. The SMILES string of the molecule is CC(=O)N1C2(CC(=O)N(C(C)(C)C)C2=O)c2cc(C)ccc2S1(=O)=O. The van der Waals surface area contributed by atoms with Crippen molar-refractivity contribution in [3.8, 4) is 0 Å². The molecule has 1 unspecified atom stereocenters. The Balaban J connectivity index is 2.38. The lowest BCUT2D eigenvalue weighted by molar-refractivity contribution is -0.149. The number of rotatable bonds is 0. The first-order valence-corrected chi connectivity index (χ1v) is 9.34. The van der Waals surface area contributed by atoms with E-state index in [0.29, 0.717) is 4.31 Å². The first-order valence-electron chi connectivity index (χ1n) is 7.90. The Labute approximate surface area is 146 Å². The molecule has 0 aromatic heterocycles. The normalized spacial score (nSPS) is 25.0. The maximum Gasteiger partial charge on any atom is 0.268 e. The molecule has 1 saturated heterocycles. The molecular formula is C17H20N2O5S. The van der Waals surface area contributed by atoms with Gasteiger partial charge in [0.25, 0.3) is 15.9 Å². The van der Waals surface area contributed by atoms with Crippen LogP contribution in [0, 0.1) is 6.92 Å². The fourth-order valence-electron chi connectivity index (χ4n) is 3.76. The van der Waals surface area contributed by atoms with Crippen LogP contribution in [0.1, 0.15) is 45.2 Å². The second kappa shape index (κ2) is 4.91. The summed E-state index contributed by atoms with van der Waals surface area (Å²) in [6.07, 6.45) is -0.377. The third-order valence-corrected chi connectivity index (χ3v) is 6.58. The number of carbonyl (C=O) groups is 3. The second-order valence-corrected chi connectivity index (χ2v) is 9.29. The summed E-state index contributed by atoms with van der Waals surface area (Å²) in [6, 6.07) is 4.58. The number of carbonyl (C=O) groups excluding carboxylic acids is 3. The predicted octanol–water partition coefficient (Wildman–Crippen LogP) is 1.30. The Hall–Kier alpha value is -2.22. The monoisotopic (exact) mass is 364 g/mol. The Morgan fingerprint density at radius 1 is 1.20 bits per heavy atom. The zero-order valence-corrected chi connectivity index (χ0v) is 15.6. The van der Waals surface area contributed by atoms with Crippen molar-refractivity contribution in [2.75, 3.05) is 0 Å². The van der Waals surface area contributed by atoms with Gasteiger partial charge in [0.1, 0.15) is 0 Å². The smallest absolute Gasteiger partial charge is 0.268 e. The fourth-order valence-corrected chi connectivity index (χ4v) is 5.69. The molecular weight excluding hydrogens is 344 g/mol. The van der Waals surface area contributed by atoms with Crippen LogP contribution < -0.4 is 0 Å². The van der Waals surface area contributed by atoms with Gasteiger partial charge in [0.2, 0.25) is 11.8 Å². The summed E-state index contributed by atoms with van der Waals surface area (Å²) in [6.45, 7) is 7.94. The Morgan fingerprint density at radius 2 is 1.80 bits per heavy atom. The molecule has 0 N–H and O–H groups in total. The van der Waals surface area contributed by atoms with E-state index in [4.69, 9.17) is 0 Å². The molecule has 2 heterocycles. The maximum absolute atomic E-state index is 13.3. The minimum atomic E-state index is -4.20. The second-order valence-electron chi connectivity index (χ2n) is 7.53. The molecule has 3 amide bonds. The quantitative estimate of drug-likeness (QED) is 0.647. The lowest BCUT2D eigenvalue weighted by atomic mass is 9.86. The lowest BCUT2D eigenvalue weighted by Gasteiger charge is -2.34. The summed E-state index contributed by atoms with van der Waals surface area (Å²) in [5.74, 6) is -1.95. The van der Waals surface area contributed by atoms with Gasteiger partial charge in [0, 0.05) is 18.0 Å². The van der Waals surface area contributed by atoms with Crippen molar-refractivity contribution < 1.29 is 22.8 Å². The van der Waals surface area contributed by atoms with Crippen LogP contribution >= 0.6 is 0 Å². The van der Waals surface area contributed by atoms with Gasteiger partial charge in [-0.3, -0.25) is 19.3 Å². The van der Waals surface area contributed by atoms with Crippen molar-refractivity contribution in [2.45, 2.75) is 57.0 Å². The molecule has 0 radical (unpaired) electrons. The number of benzene rings is 1. The number of sulfonamides is 1. The molecule has 1 aromatic rings. The van der Waals surface area contributed by atoms with E-state index in [1.54, 1.807) is 39.8 Å². The van der Waals surface area contributed by atoms with Crippen molar-refractivity contribution in [2.24, 2.45) is 0 Å². The minimum Gasteiger partial charge on any atom is -0.275 e. The van der Waals surface area contributed by atoms with E-state index in [1.165, 1.54) is 6.07 Å². The van der Waals surface area contributed by atoms with Crippen molar-refractivity contribution in [1.29, 1.82) is 0 Å². The summed E-state index contributed by atoms with van der Waals surface area (Å²) >= 11 is 0. The van der Waals surface area contributed by atoms with Crippen molar-refractivity contribution >= 4 is 27.7 Å². The molecule has 1 atom stereocenters. The average Bonchev–Trinajstić information content (AvgIpc) is 2.79. The standard InChI is InChI=1S/C17H20N2O5S/c1-10-6-7-13-12(8-10)17(19(11(2)20)25(13,23)24)9-14(21)18(15(17)22)16(3,4)5/h6-8H,9H2,1-5H3.